The summed E-state index contributed by atoms with van der Waals surface area (Å²) < 4.78 is 11.5. The summed E-state index contributed by atoms with van der Waals surface area (Å²) in [5, 5.41) is 2.57. The van der Waals surface area contributed by atoms with Gasteiger partial charge in [0.1, 0.15) is 17.1 Å². The van der Waals surface area contributed by atoms with Crippen LogP contribution in [0.25, 0.3) is 22.3 Å². The third kappa shape index (κ3) is 3.37. The number of aryl methyl sites for hydroxylation is 1. The molecule has 0 fully saturated rings. The molecule has 3 nitrogen and oxygen atoms in total. The average molecular weight is 350 g/mol. The van der Waals surface area contributed by atoms with Gasteiger partial charge in [-0.15, -0.1) is 0 Å². The topological polar surface area (TPSA) is 38.6 Å². The molecule has 2 heterocycles. The Hall–Kier alpha value is -2.78. The zero-order chi connectivity index (χ0) is 17.2. The molecule has 0 unspecified atom stereocenters. The molecule has 25 heavy (non-hydrogen) atoms. The van der Waals surface area contributed by atoms with Crippen LogP contribution < -0.4 is 5.36 Å². The van der Waals surface area contributed by atoms with Gasteiger partial charge in [-0.25, -0.2) is 0 Å². The summed E-state index contributed by atoms with van der Waals surface area (Å²) >= 11 is 5.99. The number of nitrogens with zero attached hydrogens (tertiary/aromatic N) is 1. The van der Waals surface area contributed by atoms with Crippen LogP contribution in [0.2, 0.25) is 5.02 Å². The third-order valence-corrected chi connectivity index (χ3v) is 4.26. The first-order chi connectivity index (χ1) is 12.2. The van der Waals surface area contributed by atoms with Crippen molar-refractivity contribution in [1.29, 1.82) is 0 Å². The summed E-state index contributed by atoms with van der Waals surface area (Å²) in [6.07, 6.45) is 1.66. The van der Waals surface area contributed by atoms with Gasteiger partial charge in [0.25, 0.3) is 0 Å². The highest BCUT2D eigenvalue weighted by Gasteiger charge is 2.07. The lowest BCUT2D eigenvalue weighted by Gasteiger charge is -2.06. The standard InChI is InChI=1S/C21H16ClNO2/c1-14-4-9-20-18(11-14)19(23-13-17-3-2-10-24-17)12-21(25-20)15-5-7-16(22)8-6-15/h2-12H,13H2,1H3. The van der Waals surface area contributed by atoms with Crippen molar-refractivity contribution in [3.8, 4) is 11.3 Å². The van der Waals surface area contributed by atoms with Gasteiger partial charge in [0.05, 0.1) is 18.2 Å². The molecule has 0 saturated carbocycles. The summed E-state index contributed by atoms with van der Waals surface area (Å²) in [5.74, 6) is 1.58. The smallest absolute Gasteiger partial charge is 0.136 e. The van der Waals surface area contributed by atoms with Crippen LogP contribution in [0, 0.1) is 6.92 Å². The van der Waals surface area contributed by atoms with Crippen molar-refractivity contribution in [3.63, 3.8) is 0 Å². The van der Waals surface area contributed by atoms with Crippen molar-refractivity contribution >= 4 is 22.6 Å². The molecule has 0 bridgehead atoms. The van der Waals surface area contributed by atoms with Gasteiger partial charge in [-0.05, 0) is 55.5 Å². The second-order valence-electron chi connectivity index (χ2n) is 5.90. The minimum atomic E-state index is 0.486. The first-order valence-corrected chi connectivity index (χ1v) is 8.40. The van der Waals surface area contributed by atoms with Crippen molar-refractivity contribution in [3.05, 3.63) is 88.6 Å². The van der Waals surface area contributed by atoms with Crippen molar-refractivity contribution in [1.82, 2.24) is 0 Å². The lowest BCUT2D eigenvalue weighted by Crippen LogP contribution is -2.05. The summed E-state index contributed by atoms with van der Waals surface area (Å²) in [4.78, 5) is 4.74. The highest BCUT2D eigenvalue weighted by atomic mass is 35.5. The molecule has 0 amide bonds. The van der Waals surface area contributed by atoms with Crippen LogP contribution in [0.4, 0.5) is 0 Å². The van der Waals surface area contributed by atoms with E-state index in [4.69, 9.17) is 25.4 Å². The average Bonchev–Trinajstić information content (AvgIpc) is 3.14. The molecule has 0 saturated heterocycles. The van der Waals surface area contributed by atoms with E-state index < -0.39 is 0 Å². The Morgan fingerprint density at radius 2 is 1.84 bits per heavy atom. The quantitative estimate of drug-likeness (QED) is 0.472. The molecule has 4 heteroatoms. The molecule has 0 aliphatic heterocycles. The summed E-state index contributed by atoms with van der Waals surface area (Å²) in [7, 11) is 0. The number of hydrogen-bond acceptors (Lipinski definition) is 3. The molecule has 2 aromatic carbocycles. The molecule has 0 atom stereocenters. The van der Waals surface area contributed by atoms with Crippen molar-refractivity contribution in [2.45, 2.75) is 13.5 Å². The van der Waals surface area contributed by atoms with E-state index in [-0.39, 0.29) is 0 Å². The van der Waals surface area contributed by atoms with E-state index in [2.05, 4.69) is 13.0 Å². The fourth-order valence-corrected chi connectivity index (χ4v) is 2.86. The molecule has 0 radical (unpaired) electrons. The van der Waals surface area contributed by atoms with Gasteiger partial charge >= 0.3 is 0 Å². The Bertz CT molecular complexity index is 1080. The molecule has 4 aromatic rings. The lowest BCUT2D eigenvalue weighted by atomic mass is 10.1. The van der Waals surface area contributed by atoms with Crippen LogP contribution in [0.3, 0.4) is 0 Å². The maximum atomic E-state index is 6.09. The van der Waals surface area contributed by atoms with E-state index in [1.165, 1.54) is 0 Å². The fraction of sp³-hybridized carbons (Fsp3) is 0.0952. The monoisotopic (exact) mass is 349 g/mol. The second kappa shape index (κ2) is 6.61. The van der Waals surface area contributed by atoms with Gasteiger partial charge in [-0.2, -0.15) is 0 Å². The largest absolute Gasteiger partial charge is 0.467 e. The van der Waals surface area contributed by atoms with Gasteiger partial charge in [-0.1, -0.05) is 23.2 Å². The first kappa shape index (κ1) is 15.7. The zero-order valence-electron chi connectivity index (χ0n) is 13.7. The maximum absolute atomic E-state index is 6.09. The van der Waals surface area contributed by atoms with Gasteiger partial charge in [0, 0.05) is 22.0 Å². The van der Waals surface area contributed by atoms with E-state index in [0.717, 1.165) is 39.0 Å². The Morgan fingerprint density at radius 3 is 2.60 bits per heavy atom. The number of benzene rings is 2. The van der Waals surface area contributed by atoms with Crippen LogP contribution in [-0.4, -0.2) is 0 Å². The van der Waals surface area contributed by atoms with Crippen LogP contribution in [-0.2, 0) is 6.54 Å². The minimum Gasteiger partial charge on any atom is -0.467 e. The molecule has 0 spiro atoms. The molecule has 2 aromatic heterocycles. The van der Waals surface area contributed by atoms with Crippen LogP contribution >= 0.6 is 11.6 Å². The fourth-order valence-electron chi connectivity index (χ4n) is 2.74. The number of fused-ring (bicyclic) bond motifs is 1. The van der Waals surface area contributed by atoms with Gasteiger partial charge in [0.2, 0.25) is 0 Å². The highest BCUT2D eigenvalue weighted by Crippen LogP contribution is 2.24. The van der Waals surface area contributed by atoms with Crippen LogP contribution in [0.1, 0.15) is 11.3 Å². The predicted octanol–water partition coefficient (Wildman–Crippen LogP) is 5.76. The van der Waals surface area contributed by atoms with E-state index in [0.29, 0.717) is 11.6 Å². The first-order valence-electron chi connectivity index (χ1n) is 8.02. The second-order valence-corrected chi connectivity index (χ2v) is 6.33. The molecule has 4 rings (SSSR count). The summed E-state index contributed by atoms with van der Waals surface area (Å²) in [5.41, 5.74) is 2.92. The number of hydrogen-bond donors (Lipinski definition) is 0. The summed E-state index contributed by atoms with van der Waals surface area (Å²) in [6.45, 7) is 2.54. The number of halogens is 1. The van der Waals surface area contributed by atoms with Gasteiger partial charge in [-0.3, -0.25) is 4.99 Å². The van der Waals surface area contributed by atoms with E-state index in [1.807, 2.05) is 54.6 Å². The highest BCUT2D eigenvalue weighted by molar-refractivity contribution is 6.30. The predicted molar refractivity (Wildman–Crippen MR) is 99.4 cm³/mol. The van der Waals surface area contributed by atoms with Crippen molar-refractivity contribution in [2.75, 3.05) is 0 Å². The van der Waals surface area contributed by atoms with Crippen molar-refractivity contribution < 1.29 is 8.83 Å². The Balaban J connectivity index is 1.90. The molecular weight excluding hydrogens is 334 g/mol. The lowest BCUT2D eigenvalue weighted by molar-refractivity contribution is 0.511. The SMILES string of the molecule is Cc1ccc2oc(-c3ccc(Cl)cc3)cc(=NCc3ccco3)c2c1. The Morgan fingerprint density at radius 1 is 1.00 bits per heavy atom. The van der Waals surface area contributed by atoms with Crippen molar-refractivity contribution in [2.24, 2.45) is 4.99 Å². The van der Waals surface area contributed by atoms with E-state index in [1.54, 1.807) is 6.26 Å². The Labute approximate surface area is 150 Å². The van der Waals surface area contributed by atoms with Crippen LogP contribution in [0.5, 0.6) is 0 Å². The van der Waals surface area contributed by atoms with Crippen LogP contribution in [0.15, 0.2) is 80.8 Å². The molecular formula is C21H16ClNO2. The molecule has 0 aliphatic rings. The van der Waals surface area contributed by atoms with E-state index >= 15 is 0 Å². The number of furan rings is 1. The minimum absolute atomic E-state index is 0.486. The third-order valence-electron chi connectivity index (χ3n) is 4.01. The zero-order valence-corrected chi connectivity index (χ0v) is 14.5. The summed E-state index contributed by atoms with van der Waals surface area (Å²) in [6, 6.07) is 19.5. The van der Waals surface area contributed by atoms with Gasteiger partial charge < -0.3 is 8.83 Å². The van der Waals surface area contributed by atoms with Gasteiger partial charge in [0.15, 0.2) is 0 Å². The number of rotatable bonds is 3. The molecule has 124 valence electrons. The van der Waals surface area contributed by atoms with E-state index in [9.17, 15) is 0 Å². The molecule has 0 aliphatic carbocycles. The Kier molecular flexibility index (Phi) is 4.16. The maximum Gasteiger partial charge on any atom is 0.136 e. The molecule has 0 N–H and O–H groups in total. The normalized spacial score (nSPS) is 12.0.